The molecule has 48 heavy (non-hydrogen) atoms. The van der Waals surface area contributed by atoms with Crippen molar-refractivity contribution in [1.29, 1.82) is 0 Å². The second-order valence-electron chi connectivity index (χ2n) is 14.8. The highest BCUT2D eigenvalue weighted by Crippen LogP contribution is 2.54. The van der Waals surface area contributed by atoms with Crippen molar-refractivity contribution in [2.75, 3.05) is 4.90 Å². The van der Waals surface area contributed by atoms with E-state index in [1.54, 1.807) is 0 Å². The Hall–Kier alpha value is -5.08. The zero-order chi connectivity index (χ0) is 32.8. The first-order chi connectivity index (χ1) is 23.3. The highest BCUT2D eigenvalue weighted by atomic mass is 16.3. The van der Waals surface area contributed by atoms with Gasteiger partial charge in [-0.2, -0.15) is 0 Å². The number of benzene rings is 6. The van der Waals surface area contributed by atoms with Crippen LogP contribution in [0.1, 0.15) is 75.3 Å². The van der Waals surface area contributed by atoms with Crippen molar-refractivity contribution in [1.82, 2.24) is 0 Å². The van der Waals surface area contributed by atoms with Gasteiger partial charge in [-0.3, -0.25) is 0 Å². The molecule has 0 spiro atoms. The summed E-state index contributed by atoms with van der Waals surface area (Å²) in [7, 11) is 0. The molecular formula is C46H41NO. The Morgan fingerprint density at radius 1 is 0.542 bits per heavy atom. The molecule has 0 saturated heterocycles. The van der Waals surface area contributed by atoms with E-state index in [0.29, 0.717) is 0 Å². The van der Waals surface area contributed by atoms with Crippen LogP contribution in [0.25, 0.3) is 44.2 Å². The number of rotatable bonds is 6. The average Bonchev–Trinajstić information content (AvgIpc) is 3.68. The average molecular weight is 624 g/mol. The summed E-state index contributed by atoms with van der Waals surface area (Å²) in [6, 6.07) is 45.1. The quantitative estimate of drug-likeness (QED) is 0.183. The van der Waals surface area contributed by atoms with Crippen LogP contribution in [-0.2, 0) is 17.3 Å². The molecule has 0 N–H and O–H groups in total. The van der Waals surface area contributed by atoms with E-state index in [2.05, 4.69) is 161 Å². The molecule has 0 saturated carbocycles. The molecule has 7 aromatic rings. The third kappa shape index (κ3) is 4.11. The van der Waals surface area contributed by atoms with Crippen LogP contribution in [0.4, 0.5) is 17.1 Å². The zero-order valence-electron chi connectivity index (χ0n) is 28.5. The summed E-state index contributed by atoms with van der Waals surface area (Å²) in [5, 5.41) is 2.28. The lowest BCUT2D eigenvalue weighted by Gasteiger charge is -2.29. The Morgan fingerprint density at radius 2 is 1.12 bits per heavy atom. The van der Waals surface area contributed by atoms with Crippen molar-refractivity contribution in [3.63, 3.8) is 0 Å². The lowest BCUT2D eigenvalue weighted by Crippen LogP contribution is -2.18. The van der Waals surface area contributed by atoms with Crippen LogP contribution in [0.3, 0.4) is 0 Å². The Bertz CT molecular complexity index is 2400. The standard InChI is InChI=1S/C46H41NO/c1-6-7-13-29-20-23-33-35-25-22-31(28-41(35)46(4,5)39(33)26-29)47(42-18-12-16-37-36-15-9-11-19-43(36)48-44(37)42)30-21-24-34-32-14-8-10-17-38(32)45(2,3)40(34)27-30/h8-12,14-28H,6-7,13H2,1-5H3. The minimum absolute atomic E-state index is 0.101. The van der Waals surface area contributed by atoms with E-state index in [-0.39, 0.29) is 10.8 Å². The van der Waals surface area contributed by atoms with E-state index >= 15 is 0 Å². The molecule has 2 heteroatoms. The highest BCUT2D eigenvalue weighted by molar-refractivity contribution is 6.10. The predicted octanol–water partition coefficient (Wildman–Crippen LogP) is 13.0. The number of aryl methyl sites for hydroxylation is 1. The fraction of sp³-hybridized carbons (Fsp3) is 0.217. The molecule has 0 atom stereocenters. The van der Waals surface area contributed by atoms with Crippen LogP contribution in [0, 0.1) is 0 Å². The maximum Gasteiger partial charge on any atom is 0.159 e. The van der Waals surface area contributed by atoms with Crippen LogP contribution in [0.15, 0.2) is 126 Å². The van der Waals surface area contributed by atoms with Crippen LogP contribution in [0.5, 0.6) is 0 Å². The Kier molecular flexibility index (Phi) is 6.34. The molecule has 2 nitrogen and oxygen atoms in total. The molecule has 6 aromatic carbocycles. The normalized spacial score (nSPS) is 14.9. The molecule has 0 amide bonds. The number of hydrogen-bond acceptors (Lipinski definition) is 2. The van der Waals surface area contributed by atoms with Gasteiger partial charge in [-0.1, -0.05) is 126 Å². The van der Waals surface area contributed by atoms with Crippen molar-refractivity contribution in [3.8, 4) is 22.3 Å². The Labute approximate surface area is 283 Å². The summed E-state index contributed by atoms with van der Waals surface area (Å²) in [6.45, 7) is 11.8. The molecular weight excluding hydrogens is 583 g/mol. The van der Waals surface area contributed by atoms with Gasteiger partial charge in [-0.25, -0.2) is 0 Å². The van der Waals surface area contributed by atoms with Crippen molar-refractivity contribution in [3.05, 3.63) is 149 Å². The molecule has 236 valence electrons. The van der Waals surface area contributed by atoms with Gasteiger partial charge in [0.1, 0.15) is 5.58 Å². The molecule has 0 aliphatic heterocycles. The number of furan rings is 1. The minimum Gasteiger partial charge on any atom is -0.454 e. The van der Waals surface area contributed by atoms with Gasteiger partial charge in [-0.15, -0.1) is 0 Å². The SMILES string of the molecule is CCCCc1ccc2c(c1)C(C)(C)c1cc(N(c3ccc4c(c3)C(C)(C)c3ccccc3-4)c3cccc4c3oc3ccccc34)ccc1-2. The second kappa shape index (κ2) is 10.5. The molecule has 2 aliphatic rings. The second-order valence-corrected chi connectivity index (χ2v) is 14.8. The van der Waals surface area contributed by atoms with Crippen molar-refractivity contribution in [2.24, 2.45) is 0 Å². The predicted molar refractivity (Wildman–Crippen MR) is 202 cm³/mol. The van der Waals surface area contributed by atoms with E-state index in [0.717, 1.165) is 45.4 Å². The number of anilines is 3. The summed E-state index contributed by atoms with van der Waals surface area (Å²) in [6.07, 6.45) is 3.57. The highest BCUT2D eigenvalue weighted by Gasteiger charge is 2.38. The number of para-hydroxylation sites is 2. The maximum atomic E-state index is 6.68. The van der Waals surface area contributed by atoms with E-state index in [9.17, 15) is 0 Å². The van der Waals surface area contributed by atoms with Gasteiger partial charge in [0.15, 0.2) is 5.58 Å². The Balaban J connectivity index is 1.25. The van der Waals surface area contributed by atoms with Crippen LogP contribution in [-0.4, -0.2) is 0 Å². The summed E-state index contributed by atoms with van der Waals surface area (Å²) < 4.78 is 6.68. The van der Waals surface area contributed by atoms with Crippen LogP contribution >= 0.6 is 0 Å². The first kappa shape index (κ1) is 29.1. The molecule has 0 unspecified atom stereocenters. The van der Waals surface area contributed by atoms with Gasteiger partial charge in [0.05, 0.1) is 5.69 Å². The Morgan fingerprint density at radius 3 is 1.85 bits per heavy atom. The summed E-state index contributed by atoms with van der Waals surface area (Å²) >= 11 is 0. The molecule has 9 rings (SSSR count). The monoisotopic (exact) mass is 623 g/mol. The molecule has 1 heterocycles. The summed E-state index contributed by atoms with van der Waals surface area (Å²) in [5.41, 5.74) is 17.3. The van der Waals surface area contributed by atoms with E-state index in [4.69, 9.17) is 4.42 Å². The molecule has 2 aliphatic carbocycles. The van der Waals surface area contributed by atoms with Gasteiger partial charge in [0.2, 0.25) is 0 Å². The minimum atomic E-state index is -0.110. The van der Waals surface area contributed by atoms with Gasteiger partial charge in [0.25, 0.3) is 0 Å². The van der Waals surface area contributed by atoms with E-state index in [1.807, 2.05) is 0 Å². The van der Waals surface area contributed by atoms with Crippen LogP contribution < -0.4 is 4.90 Å². The number of nitrogens with zero attached hydrogens (tertiary/aromatic N) is 1. The first-order valence-corrected chi connectivity index (χ1v) is 17.5. The fourth-order valence-electron chi connectivity index (χ4n) is 8.62. The smallest absolute Gasteiger partial charge is 0.159 e. The summed E-state index contributed by atoms with van der Waals surface area (Å²) in [5.74, 6) is 0. The molecule has 1 aromatic heterocycles. The number of unbranched alkanes of at least 4 members (excludes halogenated alkanes) is 1. The lowest BCUT2D eigenvalue weighted by molar-refractivity contribution is 0.658. The lowest BCUT2D eigenvalue weighted by atomic mass is 9.81. The van der Waals surface area contributed by atoms with E-state index < -0.39 is 0 Å². The van der Waals surface area contributed by atoms with Crippen molar-refractivity contribution >= 4 is 39.0 Å². The van der Waals surface area contributed by atoms with Gasteiger partial charge in [0, 0.05) is 33.0 Å². The van der Waals surface area contributed by atoms with Crippen LogP contribution in [0.2, 0.25) is 0 Å². The van der Waals surface area contributed by atoms with Crippen molar-refractivity contribution in [2.45, 2.75) is 64.7 Å². The fourth-order valence-corrected chi connectivity index (χ4v) is 8.62. The third-order valence-corrected chi connectivity index (χ3v) is 11.3. The van der Waals surface area contributed by atoms with Gasteiger partial charge >= 0.3 is 0 Å². The number of fused-ring (bicyclic) bond motifs is 9. The summed E-state index contributed by atoms with van der Waals surface area (Å²) in [4.78, 5) is 2.43. The van der Waals surface area contributed by atoms with Crippen molar-refractivity contribution < 1.29 is 4.42 Å². The maximum absolute atomic E-state index is 6.68. The van der Waals surface area contributed by atoms with Gasteiger partial charge < -0.3 is 9.32 Å². The third-order valence-electron chi connectivity index (χ3n) is 11.3. The molecule has 0 bridgehead atoms. The first-order valence-electron chi connectivity index (χ1n) is 17.5. The van der Waals surface area contributed by atoms with Gasteiger partial charge in [-0.05, 0) is 99.3 Å². The largest absolute Gasteiger partial charge is 0.454 e. The molecule has 0 radical (unpaired) electrons. The number of hydrogen-bond donors (Lipinski definition) is 0. The van der Waals surface area contributed by atoms with E-state index in [1.165, 1.54) is 62.9 Å². The zero-order valence-corrected chi connectivity index (χ0v) is 28.5. The topological polar surface area (TPSA) is 16.4 Å². The molecule has 0 fully saturated rings.